The highest BCUT2D eigenvalue weighted by Crippen LogP contribution is 2.00. The van der Waals surface area contributed by atoms with E-state index in [9.17, 15) is 14.4 Å². The zero-order valence-corrected chi connectivity index (χ0v) is 15.3. The lowest BCUT2D eigenvalue weighted by atomic mass is 10.2. The number of ether oxygens (including phenoxy) is 1. The maximum absolute atomic E-state index is 11.8. The summed E-state index contributed by atoms with van der Waals surface area (Å²) in [6, 6.07) is 9.61. The third kappa shape index (κ3) is 10.1. The average Bonchev–Trinajstić information content (AvgIpc) is 2.63. The Kier molecular flexibility index (Phi) is 10.1. The fraction of sp³-hybridized carbons (Fsp3) is 0.350. The highest BCUT2D eigenvalue weighted by Gasteiger charge is 2.03. The summed E-state index contributed by atoms with van der Waals surface area (Å²) in [6.07, 6.45) is 6.36. The average molecular weight is 358 g/mol. The Hall–Kier alpha value is -2.89. The predicted molar refractivity (Wildman–Crippen MR) is 101 cm³/mol. The van der Waals surface area contributed by atoms with Gasteiger partial charge >= 0.3 is 5.97 Å². The molecule has 6 heteroatoms. The minimum absolute atomic E-state index is 0.0944. The number of nitrogens with one attached hydrogen (secondary N) is 2. The van der Waals surface area contributed by atoms with E-state index >= 15 is 0 Å². The molecule has 2 amide bonds. The molecule has 0 saturated heterocycles. The third-order valence-corrected chi connectivity index (χ3v) is 3.45. The summed E-state index contributed by atoms with van der Waals surface area (Å²) in [5.41, 5.74) is 1.48. The van der Waals surface area contributed by atoms with Gasteiger partial charge in [-0.1, -0.05) is 30.3 Å². The Morgan fingerprint density at radius 2 is 1.65 bits per heavy atom. The predicted octanol–water partition coefficient (Wildman–Crippen LogP) is 2.22. The molecular weight excluding hydrogens is 332 g/mol. The minimum Gasteiger partial charge on any atom is -0.462 e. The Morgan fingerprint density at radius 1 is 1.00 bits per heavy atom. The van der Waals surface area contributed by atoms with Crippen LogP contribution in [-0.4, -0.2) is 37.5 Å². The fourth-order valence-electron chi connectivity index (χ4n) is 1.97. The molecule has 1 rings (SSSR count). The summed E-state index contributed by atoms with van der Waals surface area (Å²) in [7, 11) is 0. The van der Waals surface area contributed by atoms with E-state index in [2.05, 4.69) is 10.6 Å². The lowest BCUT2D eigenvalue weighted by Crippen LogP contribution is -2.27. The van der Waals surface area contributed by atoms with E-state index in [1.165, 1.54) is 13.0 Å². The molecule has 1 aromatic rings. The van der Waals surface area contributed by atoms with Gasteiger partial charge in [0.1, 0.15) is 6.61 Å². The number of hydrogen-bond acceptors (Lipinski definition) is 4. The minimum atomic E-state index is -0.380. The van der Waals surface area contributed by atoms with Crippen molar-refractivity contribution in [1.82, 2.24) is 10.6 Å². The van der Waals surface area contributed by atoms with Gasteiger partial charge in [-0.3, -0.25) is 14.4 Å². The zero-order chi connectivity index (χ0) is 19.2. The first-order valence-corrected chi connectivity index (χ1v) is 8.58. The van der Waals surface area contributed by atoms with Crippen LogP contribution in [-0.2, 0) is 19.1 Å². The summed E-state index contributed by atoms with van der Waals surface area (Å²) in [6.45, 7) is 4.15. The lowest BCUT2D eigenvalue weighted by molar-refractivity contribution is -0.139. The van der Waals surface area contributed by atoms with Crippen LogP contribution in [0.2, 0.25) is 0 Å². The summed E-state index contributed by atoms with van der Waals surface area (Å²) in [5, 5.41) is 5.58. The van der Waals surface area contributed by atoms with Gasteiger partial charge in [0.2, 0.25) is 11.8 Å². The molecule has 0 radical (unpaired) electrons. The number of amides is 2. The van der Waals surface area contributed by atoms with E-state index in [1.807, 2.05) is 30.3 Å². The Morgan fingerprint density at radius 3 is 2.31 bits per heavy atom. The molecule has 1 aromatic carbocycles. The van der Waals surface area contributed by atoms with Crippen LogP contribution in [0.25, 0.3) is 6.08 Å². The van der Waals surface area contributed by atoms with Gasteiger partial charge in [0.15, 0.2) is 0 Å². The molecule has 6 nitrogen and oxygen atoms in total. The summed E-state index contributed by atoms with van der Waals surface area (Å²) in [5.74, 6) is -0.704. The topological polar surface area (TPSA) is 84.5 Å². The van der Waals surface area contributed by atoms with Crippen molar-refractivity contribution < 1.29 is 19.1 Å². The van der Waals surface area contributed by atoms with Crippen molar-refractivity contribution in [1.29, 1.82) is 0 Å². The number of hydrogen-bond donors (Lipinski definition) is 2. The molecule has 0 aromatic heterocycles. The van der Waals surface area contributed by atoms with E-state index < -0.39 is 0 Å². The number of carbonyl (C=O) groups excluding carboxylic acids is 3. The first-order chi connectivity index (χ1) is 12.5. The molecule has 2 N–H and O–H groups in total. The highest BCUT2D eigenvalue weighted by molar-refractivity contribution is 5.92. The Balaban J connectivity index is 2.11. The molecular formula is C20H26N2O4. The largest absolute Gasteiger partial charge is 0.462 e. The molecule has 26 heavy (non-hydrogen) atoms. The van der Waals surface area contributed by atoms with Gasteiger partial charge in [-0.15, -0.1) is 0 Å². The van der Waals surface area contributed by atoms with Gasteiger partial charge in [-0.2, -0.15) is 0 Å². The summed E-state index contributed by atoms with van der Waals surface area (Å²) in [4.78, 5) is 34.1. The van der Waals surface area contributed by atoms with E-state index in [-0.39, 0.29) is 24.4 Å². The molecule has 140 valence electrons. The number of unbranched alkanes of at least 4 members (excludes halogenated alkanes) is 1. The molecule has 0 saturated carbocycles. The van der Waals surface area contributed by atoms with Crippen molar-refractivity contribution in [3.63, 3.8) is 0 Å². The van der Waals surface area contributed by atoms with E-state index in [1.54, 1.807) is 19.1 Å². The van der Waals surface area contributed by atoms with Crippen molar-refractivity contribution in [2.24, 2.45) is 0 Å². The molecule has 0 spiro atoms. The highest BCUT2D eigenvalue weighted by atomic mass is 16.5. The van der Waals surface area contributed by atoms with Crippen molar-refractivity contribution in [2.45, 2.75) is 26.7 Å². The molecule has 0 aliphatic heterocycles. The molecule has 0 atom stereocenters. The standard InChI is InChI=1S/C20H26N2O4/c1-16(12-15-26-17(2)23)20(25)22-14-7-6-13-21-19(24)11-10-18-8-4-3-5-9-18/h3-5,8-12H,6-7,13-15H2,1-2H3,(H,21,24)(H,22,25)/b11-10?,16-12+. The smallest absolute Gasteiger partial charge is 0.302 e. The van der Waals surface area contributed by atoms with E-state index in [0.29, 0.717) is 18.7 Å². The summed E-state index contributed by atoms with van der Waals surface area (Å²) >= 11 is 0. The second-order valence-corrected chi connectivity index (χ2v) is 5.69. The number of carbonyl (C=O) groups is 3. The Labute approximate surface area is 154 Å². The van der Waals surface area contributed by atoms with E-state index in [0.717, 1.165) is 18.4 Å². The second kappa shape index (κ2) is 12.5. The van der Waals surface area contributed by atoms with Gasteiger partial charge < -0.3 is 15.4 Å². The second-order valence-electron chi connectivity index (χ2n) is 5.69. The lowest BCUT2D eigenvalue weighted by Gasteiger charge is -2.06. The van der Waals surface area contributed by atoms with Gasteiger partial charge in [0.05, 0.1) is 0 Å². The first kappa shape index (κ1) is 21.2. The summed E-state index contributed by atoms with van der Waals surface area (Å²) < 4.78 is 4.75. The third-order valence-electron chi connectivity index (χ3n) is 3.45. The molecule has 0 unspecified atom stereocenters. The van der Waals surface area contributed by atoms with Crippen molar-refractivity contribution >= 4 is 23.9 Å². The molecule has 0 bridgehead atoms. The van der Waals surface area contributed by atoms with Crippen LogP contribution in [0.1, 0.15) is 32.3 Å². The van der Waals surface area contributed by atoms with Crippen LogP contribution in [0.4, 0.5) is 0 Å². The molecule has 0 aliphatic carbocycles. The molecule has 0 heterocycles. The van der Waals surface area contributed by atoms with Gasteiger partial charge in [-0.05, 0) is 37.5 Å². The Bertz CT molecular complexity index is 651. The van der Waals surface area contributed by atoms with Crippen LogP contribution >= 0.6 is 0 Å². The normalized spacial score (nSPS) is 11.2. The van der Waals surface area contributed by atoms with Crippen LogP contribution in [0.5, 0.6) is 0 Å². The first-order valence-electron chi connectivity index (χ1n) is 8.58. The SMILES string of the molecule is CC(=O)OC/C=C(\C)C(=O)NCCCCNC(=O)C=Cc1ccccc1. The van der Waals surface area contributed by atoms with Crippen molar-refractivity contribution in [2.75, 3.05) is 19.7 Å². The van der Waals surface area contributed by atoms with Crippen LogP contribution in [0.3, 0.4) is 0 Å². The van der Waals surface area contributed by atoms with Crippen molar-refractivity contribution in [3.05, 3.63) is 53.6 Å². The monoisotopic (exact) mass is 358 g/mol. The number of benzene rings is 1. The number of esters is 1. The number of rotatable bonds is 10. The van der Waals surface area contributed by atoms with Crippen LogP contribution in [0.15, 0.2) is 48.1 Å². The van der Waals surface area contributed by atoms with E-state index in [4.69, 9.17) is 4.74 Å². The van der Waals surface area contributed by atoms with Gasteiger partial charge in [0.25, 0.3) is 0 Å². The zero-order valence-electron chi connectivity index (χ0n) is 15.3. The maximum atomic E-state index is 11.8. The fourth-order valence-corrected chi connectivity index (χ4v) is 1.97. The quantitative estimate of drug-likeness (QED) is 0.382. The molecule has 0 aliphatic rings. The van der Waals surface area contributed by atoms with Crippen molar-refractivity contribution in [3.8, 4) is 0 Å². The maximum Gasteiger partial charge on any atom is 0.302 e. The molecule has 0 fully saturated rings. The van der Waals surface area contributed by atoms with Crippen LogP contribution in [0, 0.1) is 0 Å². The van der Waals surface area contributed by atoms with Gasteiger partial charge in [0, 0.05) is 31.7 Å². The van der Waals surface area contributed by atoms with Crippen LogP contribution < -0.4 is 10.6 Å². The van der Waals surface area contributed by atoms with Gasteiger partial charge in [-0.25, -0.2) is 0 Å².